The Hall–Kier alpha value is -6.44. The van der Waals surface area contributed by atoms with Crippen LogP contribution in [0.25, 0.3) is 109 Å². The van der Waals surface area contributed by atoms with Crippen LogP contribution in [0.5, 0.6) is 0 Å². The Balaban J connectivity index is 1.15. The molecular formula is C48H28O. The third kappa shape index (κ3) is 3.82. The van der Waals surface area contributed by atoms with Gasteiger partial charge in [-0.3, -0.25) is 0 Å². The number of furan rings is 1. The molecule has 10 aromatic carbocycles. The van der Waals surface area contributed by atoms with Crippen LogP contribution in [0.4, 0.5) is 0 Å². The lowest BCUT2D eigenvalue weighted by Crippen LogP contribution is -1.92. The fourth-order valence-electron chi connectivity index (χ4n) is 8.44. The minimum Gasteiger partial charge on any atom is -0.456 e. The van der Waals surface area contributed by atoms with Gasteiger partial charge in [0.05, 0.1) is 0 Å². The van der Waals surface area contributed by atoms with Crippen LogP contribution < -0.4 is 0 Å². The standard InChI is InChI=1S/C48H28O/c1-2-13-35-29(9-1)19-20-33-27-32(22-23-36(33)35)31-11-7-12-34(28-31)45-37-14-3-5-16-39(37)47(40-17-6-4-15-38(40)45)41-25-26-44-48-42(41)24-21-30-10-8-18-43(49-44)46(30)48/h1-28H. The van der Waals surface area contributed by atoms with Gasteiger partial charge in [-0.15, -0.1) is 0 Å². The molecule has 1 nitrogen and oxygen atoms in total. The summed E-state index contributed by atoms with van der Waals surface area (Å²) in [5.74, 6) is 0. The van der Waals surface area contributed by atoms with Crippen LogP contribution in [-0.4, -0.2) is 0 Å². The first-order chi connectivity index (χ1) is 24.3. The molecule has 0 N–H and O–H groups in total. The molecule has 0 aliphatic rings. The van der Waals surface area contributed by atoms with Crippen LogP contribution in [0.1, 0.15) is 0 Å². The molecule has 0 fully saturated rings. The van der Waals surface area contributed by atoms with E-state index in [0.717, 1.165) is 11.2 Å². The zero-order chi connectivity index (χ0) is 32.1. The van der Waals surface area contributed by atoms with Crippen molar-refractivity contribution >= 4 is 75.8 Å². The maximum Gasteiger partial charge on any atom is 0.136 e. The second-order valence-electron chi connectivity index (χ2n) is 13.2. The highest BCUT2D eigenvalue weighted by atomic mass is 16.3. The maximum atomic E-state index is 6.35. The fourth-order valence-corrected chi connectivity index (χ4v) is 8.44. The van der Waals surface area contributed by atoms with E-state index in [0.29, 0.717) is 0 Å². The summed E-state index contributed by atoms with van der Waals surface area (Å²) < 4.78 is 6.35. The van der Waals surface area contributed by atoms with Crippen LogP contribution in [0.3, 0.4) is 0 Å². The lowest BCUT2D eigenvalue weighted by molar-refractivity contribution is 0.669. The van der Waals surface area contributed by atoms with Gasteiger partial charge in [-0.2, -0.15) is 0 Å². The molecule has 0 amide bonds. The van der Waals surface area contributed by atoms with E-state index in [1.807, 2.05) is 0 Å². The molecule has 1 heterocycles. The number of rotatable bonds is 3. The fraction of sp³-hybridized carbons (Fsp3) is 0. The van der Waals surface area contributed by atoms with Gasteiger partial charge in [0.1, 0.15) is 11.2 Å². The van der Waals surface area contributed by atoms with Crippen molar-refractivity contribution in [2.45, 2.75) is 0 Å². The van der Waals surface area contributed by atoms with Crippen molar-refractivity contribution in [1.29, 1.82) is 0 Å². The molecule has 11 aromatic rings. The molecule has 0 radical (unpaired) electrons. The average molecular weight is 621 g/mol. The maximum absolute atomic E-state index is 6.35. The van der Waals surface area contributed by atoms with Gasteiger partial charge >= 0.3 is 0 Å². The molecule has 0 saturated carbocycles. The first kappa shape index (κ1) is 26.6. The molecule has 11 rings (SSSR count). The smallest absolute Gasteiger partial charge is 0.136 e. The topological polar surface area (TPSA) is 13.1 Å². The van der Waals surface area contributed by atoms with Crippen molar-refractivity contribution in [2.75, 3.05) is 0 Å². The Morgan fingerprint density at radius 2 is 0.857 bits per heavy atom. The molecular weight excluding hydrogens is 593 g/mol. The van der Waals surface area contributed by atoms with Crippen LogP contribution in [-0.2, 0) is 0 Å². The summed E-state index contributed by atoms with van der Waals surface area (Å²) in [7, 11) is 0. The molecule has 1 heteroatoms. The summed E-state index contributed by atoms with van der Waals surface area (Å²) in [6.07, 6.45) is 0. The second-order valence-corrected chi connectivity index (χ2v) is 13.2. The van der Waals surface area contributed by atoms with Crippen LogP contribution in [0, 0.1) is 0 Å². The molecule has 0 spiro atoms. The van der Waals surface area contributed by atoms with Gasteiger partial charge in [-0.05, 0) is 118 Å². The SMILES string of the molecule is c1cc(-c2ccc3c(ccc4ccccc43)c2)cc(-c2c3ccccc3c(-c3ccc4oc5cccc6ccc3c4c65)c3ccccc23)c1. The molecule has 226 valence electrons. The Morgan fingerprint density at radius 3 is 1.67 bits per heavy atom. The lowest BCUT2D eigenvalue weighted by Gasteiger charge is -2.19. The second kappa shape index (κ2) is 10.0. The van der Waals surface area contributed by atoms with Crippen molar-refractivity contribution in [2.24, 2.45) is 0 Å². The summed E-state index contributed by atoms with van der Waals surface area (Å²) >= 11 is 0. The first-order valence-corrected chi connectivity index (χ1v) is 16.9. The summed E-state index contributed by atoms with van der Waals surface area (Å²) in [5.41, 5.74) is 9.31. The van der Waals surface area contributed by atoms with E-state index in [2.05, 4.69) is 170 Å². The quantitative estimate of drug-likeness (QED) is 0.141. The molecule has 49 heavy (non-hydrogen) atoms. The molecule has 0 aliphatic carbocycles. The Morgan fingerprint density at radius 1 is 0.286 bits per heavy atom. The normalized spacial score (nSPS) is 12.1. The predicted octanol–water partition coefficient (Wildman–Crippen LogP) is 13.8. The highest BCUT2D eigenvalue weighted by Gasteiger charge is 2.21. The number of fused-ring (bicyclic) bond motifs is 5. The summed E-state index contributed by atoms with van der Waals surface area (Å²) in [6, 6.07) is 62.2. The molecule has 0 atom stereocenters. The highest BCUT2D eigenvalue weighted by Crippen LogP contribution is 2.48. The zero-order valence-electron chi connectivity index (χ0n) is 26.6. The van der Waals surface area contributed by atoms with Gasteiger partial charge in [-0.25, -0.2) is 0 Å². The molecule has 0 aliphatic heterocycles. The van der Waals surface area contributed by atoms with Crippen molar-refractivity contribution in [3.05, 3.63) is 170 Å². The van der Waals surface area contributed by atoms with E-state index < -0.39 is 0 Å². The monoisotopic (exact) mass is 620 g/mol. The third-order valence-corrected chi connectivity index (χ3v) is 10.6. The summed E-state index contributed by atoms with van der Waals surface area (Å²) in [5, 5.41) is 15.0. The van der Waals surface area contributed by atoms with Gasteiger partial charge in [0, 0.05) is 10.8 Å². The van der Waals surface area contributed by atoms with Crippen LogP contribution >= 0.6 is 0 Å². The molecule has 1 aromatic heterocycles. The third-order valence-electron chi connectivity index (χ3n) is 10.6. The summed E-state index contributed by atoms with van der Waals surface area (Å²) in [4.78, 5) is 0. The summed E-state index contributed by atoms with van der Waals surface area (Å²) in [6.45, 7) is 0. The van der Waals surface area contributed by atoms with Gasteiger partial charge in [-0.1, -0.05) is 140 Å². The minimum absolute atomic E-state index is 0.939. The van der Waals surface area contributed by atoms with Crippen LogP contribution in [0.2, 0.25) is 0 Å². The zero-order valence-corrected chi connectivity index (χ0v) is 26.6. The largest absolute Gasteiger partial charge is 0.456 e. The molecule has 0 saturated heterocycles. The van der Waals surface area contributed by atoms with Crippen LogP contribution in [0.15, 0.2) is 174 Å². The Bertz CT molecular complexity index is 3050. The van der Waals surface area contributed by atoms with Crippen molar-refractivity contribution in [3.63, 3.8) is 0 Å². The lowest BCUT2D eigenvalue weighted by atomic mass is 9.84. The minimum atomic E-state index is 0.939. The van der Waals surface area contributed by atoms with E-state index >= 15 is 0 Å². The van der Waals surface area contributed by atoms with Gasteiger partial charge in [0.2, 0.25) is 0 Å². The Labute approximate surface area is 282 Å². The van der Waals surface area contributed by atoms with Crippen molar-refractivity contribution in [1.82, 2.24) is 0 Å². The van der Waals surface area contributed by atoms with Gasteiger partial charge < -0.3 is 4.42 Å². The Kier molecular flexibility index (Phi) is 5.45. The van der Waals surface area contributed by atoms with Gasteiger partial charge in [0.15, 0.2) is 0 Å². The van der Waals surface area contributed by atoms with Crippen molar-refractivity contribution < 1.29 is 4.42 Å². The number of hydrogen-bond acceptors (Lipinski definition) is 1. The van der Waals surface area contributed by atoms with E-state index in [1.165, 1.54) is 98.0 Å². The average Bonchev–Trinajstić information content (AvgIpc) is 3.56. The van der Waals surface area contributed by atoms with E-state index in [4.69, 9.17) is 4.42 Å². The number of hydrogen-bond donors (Lipinski definition) is 0. The van der Waals surface area contributed by atoms with Crippen molar-refractivity contribution in [3.8, 4) is 33.4 Å². The molecule has 0 bridgehead atoms. The number of benzene rings is 10. The van der Waals surface area contributed by atoms with E-state index in [9.17, 15) is 0 Å². The van der Waals surface area contributed by atoms with E-state index in [-0.39, 0.29) is 0 Å². The molecule has 0 unspecified atom stereocenters. The van der Waals surface area contributed by atoms with E-state index in [1.54, 1.807) is 0 Å². The first-order valence-electron chi connectivity index (χ1n) is 16.9. The highest BCUT2D eigenvalue weighted by molar-refractivity contribution is 6.28. The van der Waals surface area contributed by atoms with Gasteiger partial charge in [0.25, 0.3) is 0 Å². The predicted molar refractivity (Wildman–Crippen MR) is 209 cm³/mol.